The van der Waals surface area contributed by atoms with Gasteiger partial charge >= 0.3 is 0 Å². The number of nitrogens with zero attached hydrogens (tertiary/aromatic N) is 3. The molecule has 1 atom stereocenters. The summed E-state index contributed by atoms with van der Waals surface area (Å²) in [7, 11) is 0. The lowest BCUT2D eigenvalue weighted by Gasteiger charge is -2.14. The van der Waals surface area contributed by atoms with E-state index in [0.29, 0.717) is 11.3 Å². The number of ketones is 1. The van der Waals surface area contributed by atoms with Crippen LogP contribution in [-0.2, 0) is 4.79 Å². The highest BCUT2D eigenvalue weighted by Gasteiger charge is 2.30. The van der Waals surface area contributed by atoms with Gasteiger partial charge in [0.15, 0.2) is 16.9 Å². The number of benzene rings is 1. The minimum Gasteiger partial charge on any atom is -0.293 e. The number of carbonyl (C=O) groups excluding carboxylic acids is 2. The smallest absolute Gasteiger partial charge is 0.271 e. The molecule has 1 aromatic heterocycles. The molecule has 1 unspecified atom stereocenters. The zero-order valence-electron chi connectivity index (χ0n) is 12.7. The first-order valence-corrected chi connectivity index (χ1v) is 9.80. The first-order valence-electron chi connectivity index (χ1n) is 7.14. The number of thioether (sulfide) groups is 1. The molecular weight excluding hydrogens is 422 g/mol. The SMILES string of the molecule is N#CC1C(=O)N=C(SCC(=O)c2ccc(Br)cc2)N=C1c1cccs1. The van der Waals surface area contributed by atoms with E-state index in [-0.39, 0.29) is 16.7 Å². The Kier molecular flexibility index (Phi) is 5.58. The molecule has 2 aromatic rings. The van der Waals surface area contributed by atoms with Gasteiger partial charge in [0.1, 0.15) is 0 Å². The van der Waals surface area contributed by atoms with Gasteiger partial charge < -0.3 is 0 Å². The number of carbonyl (C=O) groups is 2. The molecule has 0 bridgehead atoms. The molecule has 0 N–H and O–H groups in total. The summed E-state index contributed by atoms with van der Waals surface area (Å²) >= 11 is 5.83. The van der Waals surface area contributed by atoms with Crippen molar-refractivity contribution in [2.75, 3.05) is 5.75 Å². The van der Waals surface area contributed by atoms with E-state index in [0.717, 1.165) is 21.1 Å². The van der Waals surface area contributed by atoms with E-state index in [9.17, 15) is 14.9 Å². The van der Waals surface area contributed by atoms with Crippen LogP contribution in [-0.4, -0.2) is 28.3 Å². The van der Waals surface area contributed by atoms with Gasteiger partial charge in [-0.3, -0.25) is 9.59 Å². The molecule has 0 fully saturated rings. The Morgan fingerprint density at radius 1 is 1.28 bits per heavy atom. The topological polar surface area (TPSA) is 82.6 Å². The number of hydrogen-bond acceptors (Lipinski definition) is 6. The number of aliphatic imine (C=N–C) groups is 2. The number of nitriles is 1. The fraction of sp³-hybridized carbons (Fsp3) is 0.118. The molecule has 0 saturated heterocycles. The van der Waals surface area contributed by atoms with Crippen LogP contribution in [0.15, 0.2) is 56.2 Å². The van der Waals surface area contributed by atoms with Gasteiger partial charge in [0, 0.05) is 10.0 Å². The van der Waals surface area contributed by atoms with Crippen molar-refractivity contribution in [3.63, 3.8) is 0 Å². The highest BCUT2D eigenvalue weighted by molar-refractivity contribution is 9.10. The lowest BCUT2D eigenvalue weighted by molar-refractivity contribution is -0.118. The minimum absolute atomic E-state index is 0.0806. The Bertz CT molecular complexity index is 912. The normalized spacial score (nSPS) is 16.8. The Morgan fingerprint density at radius 3 is 2.68 bits per heavy atom. The van der Waals surface area contributed by atoms with E-state index >= 15 is 0 Å². The standard InChI is InChI=1S/C17H10BrN3O2S2/c18-11-5-3-10(4-6-11)13(22)9-25-17-20-15(14-2-1-7-24-14)12(8-19)16(23)21-17/h1-7,12H,9H2. The fourth-order valence-electron chi connectivity index (χ4n) is 2.12. The number of thiophene rings is 1. The summed E-state index contributed by atoms with van der Waals surface area (Å²) in [5, 5.41) is 11.3. The Hall–Kier alpha value is -2.08. The van der Waals surface area contributed by atoms with Crippen molar-refractivity contribution in [1.82, 2.24) is 0 Å². The van der Waals surface area contributed by atoms with Crippen LogP contribution in [0.5, 0.6) is 0 Å². The van der Waals surface area contributed by atoms with Crippen molar-refractivity contribution in [2.45, 2.75) is 0 Å². The largest absolute Gasteiger partial charge is 0.293 e. The van der Waals surface area contributed by atoms with Gasteiger partial charge in [-0.2, -0.15) is 10.3 Å². The minimum atomic E-state index is -0.995. The Balaban J connectivity index is 1.76. The molecule has 1 amide bonds. The quantitative estimate of drug-likeness (QED) is 0.685. The molecule has 1 aromatic carbocycles. The van der Waals surface area contributed by atoms with E-state index in [1.165, 1.54) is 11.3 Å². The fourth-order valence-corrected chi connectivity index (χ4v) is 3.87. The van der Waals surface area contributed by atoms with Crippen LogP contribution in [0.1, 0.15) is 15.2 Å². The predicted molar refractivity (Wildman–Crippen MR) is 103 cm³/mol. The van der Waals surface area contributed by atoms with Crippen LogP contribution in [0.3, 0.4) is 0 Å². The summed E-state index contributed by atoms with van der Waals surface area (Å²) in [5.74, 6) is -1.50. The maximum Gasteiger partial charge on any atom is 0.271 e. The van der Waals surface area contributed by atoms with Gasteiger partial charge in [0.05, 0.1) is 22.4 Å². The highest BCUT2D eigenvalue weighted by Crippen LogP contribution is 2.23. The number of rotatable bonds is 4. The van der Waals surface area contributed by atoms with Gasteiger partial charge in [-0.15, -0.1) is 11.3 Å². The average molecular weight is 432 g/mol. The summed E-state index contributed by atoms with van der Waals surface area (Å²) < 4.78 is 0.895. The summed E-state index contributed by atoms with van der Waals surface area (Å²) in [5.41, 5.74) is 0.979. The molecule has 0 saturated carbocycles. The van der Waals surface area contributed by atoms with E-state index in [1.807, 2.05) is 23.6 Å². The van der Waals surface area contributed by atoms with Crippen LogP contribution < -0.4 is 0 Å². The maximum absolute atomic E-state index is 12.2. The summed E-state index contributed by atoms with van der Waals surface area (Å²) in [6, 6.07) is 12.6. The Morgan fingerprint density at radius 2 is 2.04 bits per heavy atom. The average Bonchev–Trinajstić information content (AvgIpc) is 3.14. The second-order valence-corrected chi connectivity index (χ2v) is 7.79. The molecule has 0 aliphatic carbocycles. The molecule has 1 aliphatic heterocycles. The maximum atomic E-state index is 12.2. The second kappa shape index (κ2) is 7.87. The van der Waals surface area contributed by atoms with Crippen molar-refractivity contribution < 1.29 is 9.59 Å². The predicted octanol–water partition coefficient (Wildman–Crippen LogP) is 3.95. The molecule has 5 nitrogen and oxygen atoms in total. The molecule has 124 valence electrons. The summed E-state index contributed by atoms with van der Waals surface area (Å²) in [4.78, 5) is 33.3. The third-order valence-corrected chi connectivity index (χ3v) is 5.61. The van der Waals surface area contributed by atoms with Gasteiger partial charge in [-0.25, -0.2) is 4.99 Å². The van der Waals surface area contributed by atoms with E-state index in [4.69, 9.17) is 0 Å². The van der Waals surface area contributed by atoms with Crippen LogP contribution in [0.2, 0.25) is 0 Å². The van der Waals surface area contributed by atoms with Crippen molar-refractivity contribution in [2.24, 2.45) is 15.9 Å². The monoisotopic (exact) mass is 431 g/mol. The lowest BCUT2D eigenvalue weighted by Crippen LogP contribution is -2.27. The van der Waals surface area contributed by atoms with Gasteiger partial charge in [0.2, 0.25) is 0 Å². The van der Waals surface area contributed by atoms with Crippen LogP contribution >= 0.6 is 39.0 Å². The van der Waals surface area contributed by atoms with Gasteiger partial charge in [0.25, 0.3) is 5.91 Å². The van der Waals surface area contributed by atoms with Gasteiger partial charge in [-0.1, -0.05) is 45.9 Å². The van der Waals surface area contributed by atoms with Crippen LogP contribution in [0.25, 0.3) is 0 Å². The molecule has 3 rings (SSSR count). The Labute approximate surface area is 160 Å². The first kappa shape index (κ1) is 17.7. The zero-order valence-corrected chi connectivity index (χ0v) is 15.9. The van der Waals surface area contributed by atoms with Gasteiger partial charge in [-0.05, 0) is 23.6 Å². The van der Waals surface area contributed by atoms with Crippen molar-refractivity contribution in [3.05, 3.63) is 56.7 Å². The van der Waals surface area contributed by atoms with Crippen molar-refractivity contribution >= 4 is 61.6 Å². The number of halogens is 1. The summed E-state index contributed by atoms with van der Waals surface area (Å²) in [6.45, 7) is 0. The molecule has 0 radical (unpaired) electrons. The third kappa shape index (κ3) is 4.12. The van der Waals surface area contributed by atoms with E-state index < -0.39 is 11.8 Å². The molecule has 8 heteroatoms. The molecule has 25 heavy (non-hydrogen) atoms. The molecule has 1 aliphatic rings. The van der Waals surface area contributed by atoms with Crippen LogP contribution in [0, 0.1) is 17.2 Å². The molecule has 0 spiro atoms. The second-order valence-electron chi connectivity index (χ2n) is 4.99. The number of hydrogen-bond donors (Lipinski definition) is 0. The highest BCUT2D eigenvalue weighted by atomic mass is 79.9. The first-order chi connectivity index (χ1) is 12.1. The lowest BCUT2D eigenvalue weighted by atomic mass is 10.0. The van der Waals surface area contributed by atoms with E-state index in [1.54, 1.807) is 24.3 Å². The van der Waals surface area contributed by atoms with Crippen LogP contribution in [0.4, 0.5) is 0 Å². The third-order valence-electron chi connectivity index (χ3n) is 3.34. The summed E-state index contributed by atoms with van der Waals surface area (Å²) in [6.07, 6.45) is 0. The molecule has 2 heterocycles. The van der Waals surface area contributed by atoms with Crippen molar-refractivity contribution in [1.29, 1.82) is 5.26 Å². The van der Waals surface area contributed by atoms with Crippen molar-refractivity contribution in [3.8, 4) is 6.07 Å². The van der Waals surface area contributed by atoms with E-state index in [2.05, 4.69) is 25.9 Å². The number of Topliss-reactive ketones (excluding diaryl/α,β-unsaturated/α-hetero) is 1. The zero-order chi connectivity index (χ0) is 17.8. The number of amides is 1. The number of amidine groups is 1. The molecular formula is C17H10BrN3O2S2.